The number of hydrogen-bond acceptors (Lipinski definition) is 3. The second-order valence-electron chi connectivity index (χ2n) is 5.10. The molecule has 0 spiro atoms. The van der Waals surface area contributed by atoms with Crippen molar-refractivity contribution >= 4 is 34.4 Å². The minimum atomic E-state index is -0.412. The molecule has 0 saturated heterocycles. The summed E-state index contributed by atoms with van der Waals surface area (Å²) in [6.45, 7) is 5.71. The molecule has 2 aromatic carbocycles. The van der Waals surface area contributed by atoms with Crippen molar-refractivity contribution in [3.63, 3.8) is 0 Å². The van der Waals surface area contributed by atoms with Gasteiger partial charge in [-0.25, -0.2) is 0 Å². The third-order valence-electron chi connectivity index (χ3n) is 3.45. The van der Waals surface area contributed by atoms with Gasteiger partial charge in [-0.3, -0.25) is 10.1 Å². The van der Waals surface area contributed by atoms with E-state index in [0.29, 0.717) is 10.8 Å². The average Bonchev–Trinajstić information content (AvgIpc) is 2.44. The van der Waals surface area contributed by atoms with Gasteiger partial charge in [-0.05, 0) is 61.8 Å². The van der Waals surface area contributed by atoms with Crippen molar-refractivity contribution in [2.75, 3.05) is 10.6 Å². The molecule has 0 radical (unpaired) electrons. The first-order valence-corrected chi connectivity index (χ1v) is 7.18. The van der Waals surface area contributed by atoms with E-state index >= 15 is 0 Å². The maximum atomic E-state index is 11.2. The van der Waals surface area contributed by atoms with E-state index in [1.165, 1.54) is 0 Å². The molecule has 114 valence electrons. The molecule has 0 fully saturated rings. The van der Waals surface area contributed by atoms with Crippen molar-refractivity contribution in [1.29, 1.82) is 0 Å². The summed E-state index contributed by atoms with van der Waals surface area (Å²) >= 11 is 5.26. The Morgan fingerprint density at radius 2 is 1.59 bits per heavy atom. The number of para-hydroxylation sites is 1. The van der Waals surface area contributed by atoms with Gasteiger partial charge < -0.3 is 10.6 Å². The summed E-state index contributed by atoms with van der Waals surface area (Å²) in [4.78, 5) is 10.8. The number of nitro benzene ring substituents is 1. The van der Waals surface area contributed by atoms with Crippen molar-refractivity contribution in [2.45, 2.75) is 20.8 Å². The van der Waals surface area contributed by atoms with E-state index in [0.717, 1.165) is 22.4 Å². The Bertz CT molecular complexity index is 744. The minimum absolute atomic E-state index is 0.0111. The lowest BCUT2D eigenvalue weighted by Crippen LogP contribution is -2.20. The number of thiocarbonyl (C=S) groups is 1. The molecule has 0 atom stereocenters. The van der Waals surface area contributed by atoms with Gasteiger partial charge in [0.05, 0.1) is 4.92 Å². The number of nitro groups is 1. The smallest absolute Gasteiger partial charge is 0.293 e. The lowest BCUT2D eigenvalue weighted by Gasteiger charge is -2.13. The summed E-state index contributed by atoms with van der Waals surface area (Å²) in [5.74, 6) is 0. The standard InChI is InChI=1S/C16H17N3O2S/c1-10-6-4-5-7-13(10)17-16(22)18-14-8-11(2)12(3)9-15(14)19(20)21/h4-9H,1-3H3,(H2,17,18,22). The van der Waals surface area contributed by atoms with E-state index < -0.39 is 4.92 Å². The quantitative estimate of drug-likeness (QED) is 0.501. The van der Waals surface area contributed by atoms with Crippen LogP contribution >= 0.6 is 12.2 Å². The molecular formula is C16H17N3O2S. The maximum Gasteiger partial charge on any atom is 0.293 e. The van der Waals surface area contributed by atoms with Crippen molar-refractivity contribution in [3.8, 4) is 0 Å². The summed E-state index contributed by atoms with van der Waals surface area (Å²) in [6.07, 6.45) is 0. The summed E-state index contributed by atoms with van der Waals surface area (Å²) in [6, 6.07) is 11.0. The van der Waals surface area contributed by atoms with Crippen LogP contribution in [0.2, 0.25) is 0 Å². The predicted molar refractivity (Wildman–Crippen MR) is 93.6 cm³/mol. The second kappa shape index (κ2) is 6.53. The fraction of sp³-hybridized carbons (Fsp3) is 0.188. The molecule has 2 rings (SSSR count). The highest BCUT2D eigenvalue weighted by Crippen LogP contribution is 2.28. The fourth-order valence-corrected chi connectivity index (χ4v) is 2.26. The Morgan fingerprint density at radius 3 is 2.23 bits per heavy atom. The van der Waals surface area contributed by atoms with E-state index in [2.05, 4.69) is 10.6 Å². The maximum absolute atomic E-state index is 11.2. The Kier molecular flexibility index (Phi) is 4.72. The zero-order valence-corrected chi connectivity index (χ0v) is 13.5. The average molecular weight is 315 g/mol. The molecule has 2 N–H and O–H groups in total. The van der Waals surface area contributed by atoms with Gasteiger partial charge in [0.15, 0.2) is 5.11 Å². The molecule has 0 bridgehead atoms. The number of benzene rings is 2. The number of aryl methyl sites for hydroxylation is 3. The van der Waals surface area contributed by atoms with Gasteiger partial charge in [0.1, 0.15) is 5.69 Å². The SMILES string of the molecule is Cc1cc(NC(=S)Nc2ccccc2C)c([N+](=O)[O-])cc1C. The lowest BCUT2D eigenvalue weighted by atomic mass is 10.1. The predicted octanol–water partition coefficient (Wildman–Crippen LogP) is 4.33. The van der Waals surface area contributed by atoms with Crippen molar-refractivity contribution in [1.82, 2.24) is 0 Å². The first-order valence-electron chi connectivity index (χ1n) is 6.77. The number of nitrogens with one attached hydrogen (secondary N) is 2. The van der Waals surface area contributed by atoms with Crippen LogP contribution in [0.3, 0.4) is 0 Å². The van der Waals surface area contributed by atoms with Gasteiger partial charge in [0.25, 0.3) is 5.69 Å². The van der Waals surface area contributed by atoms with Crippen LogP contribution in [-0.2, 0) is 0 Å². The topological polar surface area (TPSA) is 67.2 Å². The molecule has 0 aliphatic carbocycles. The van der Waals surface area contributed by atoms with Crippen LogP contribution in [0.15, 0.2) is 36.4 Å². The second-order valence-corrected chi connectivity index (χ2v) is 5.51. The van der Waals surface area contributed by atoms with Crippen LogP contribution in [-0.4, -0.2) is 10.0 Å². The zero-order chi connectivity index (χ0) is 16.3. The molecule has 0 saturated carbocycles. The molecule has 0 heterocycles. The van der Waals surface area contributed by atoms with Gasteiger partial charge in [-0.1, -0.05) is 18.2 Å². The molecule has 0 unspecified atom stereocenters. The molecular weight excluding hydrogens is 298 g/mol. The van der Waals surface area contributed by atoms with Crippen LogP contribution in [0.1, 0.15) is 16.7 Å². The summed E-state index contributed by atoms with van der Waals surface area (Å²) in [5.41, 5.74) is 4.14. The van der Waals surface area contributed by atoms with Gasteiger partial charge in [-0.15, -0.1) is 0 Å². The lowest BCUT2D eigenvalue weighted by molar-refractivity contribution is -0.384. The largest absolute Gasteiger partial charge is 0.332 e. The van der Waals surface area contributed by atoms with Crippen molar-refractivity contribution in [2.24, 2.45) is 0 Å². The Morgan fingerprint density at radius 1 is 1.00 bits per heavy atom. The summed E-state index contributed by atoms with van der Waals surface area (Å²) < 4.78 is 0. The van der Waals surface area contributed by atoms with Crippen LogP contribution in [0.4, 0.5) is 17.1 Å². The van der Waals surface area contributed by atoms with Crippen molar-refractivity contribution < 1.29 is 4.92 Å². The van der Waals surface area contributed by atoms with Crippen LogP contribution < -0.4 is 10.6 Å². The van der Waals surface area contributed by atoms with Crippen LogP contribution in [0, 0.1) is 30.9 Å². The van der Waals surface area contributed by atoms with Crippen molar-refractivity contribution in [3.05, 3.63) is 63.2 Å². The molecule has 0 aliphatic heterocycles. The molecule has 0 aromatic heterocycles. The molecule has 2 aromatic rings. The van der Waals surface area contributed by atoms with E-state index in [-0.39, 0.29) is 5.69 Å². The normalized spacial score (nSPS) is 10.1. The number of anilines is 2. The third-order valence-corrected chi connectivity index (χ3v) is 3.65. The van der Waals surface area contributed by atoms with Crippen LogP contribution in [0.5, 0.6) is 0 Å². The van der Waals surface area contributed by atoms with E-state index in [9.17, 15) is 10.1 Å². The Hall–Kier alpha value is -2.47. The summed E-state index contributed by atoms with van der Waals surface area (Å²) in [5, 5.41) is 17.5. The monoisotopic (exact) mass is 315 g/mol. The highest BCUT2D eigenvalue weighted by Gasteiger charge is 2.16. The molecule has 0 amide bonds. The zero-order valence-electron chi connectivity index (χ0n) is 12.6. The van der Waals surface area contributed by atoms with Gasteiger partial charge >= 0.3 is 0 Å². The first-order chi connectivity index (χ1) is 10.4. The molecule has 5 nitrogen and oxygen atoms in total. The third kappa shape index (κ3) is 3.59. The number of nitrogens with zero attached hydrogens (tertiary/aromatic N) is 1. The Labute approximate surface area is 134 Å². The fourth-order valence-electron chi connectivity index (χ4n) is 2.04. The molecule has 22 heavy (non-hydrogen) atoms. The Balaban J connectivity index is 2.23. The minimum Gasteiger partial charge on any atom is -0.332 e. The van der Waals surface area contributed by atoms with Gasteiger partial charge in [0.2, 0.25) is 0 Å². The summed E-state index contributed by atoms with van der Waals surface area (Å²) in [7, 11) is 0. The molecule has 6 heteroatoms. The number of rotatable bonds is 3. The molecule has 0 aliphatic rings. The first kappa shape index (κ1) is 15.9. The highest BCUT2D eigenvalue weighted by molar-refractivity contribution is 7.80. The van der Waals surface area contributed by atoms with Crippen LogP contribution in [0.25, 0.3) is 0 Å². The van der Waals surface area contributed by atoms with E-state index in [1.807, 2.05) is 45.0 Å². The number of hydrogen-bond donors (Lipinski definition) is 2. The highest BCUT2D eigenvalue weighted by atomic mass is 32.1. The van der Waals surface area contributed by atoms with E-state index in [4.69, 9.17) is 12.2 Å². The van der Waals surface area contributed by atoms with Gasteiger partial charge in [0, 0.05) is 11.8 Å². The van der Waals surface area contributed by atoms with Gasteiger partial charge in [-0.2, -0.15) is 0 Å². The van der Waals surface area contributed by atoms with E-state index in [1.54, 1.807) is 12.1 Å².